The lowest BCUT2D eigenvalue weighted by Crippen LogP contribution is -2.11. The van der Waals surface area contributed by atoms with Gasteiger partial charge in [-0.2, -0.15) is 26.3 Å². The number of hydrogen-bond donors (Lipinski definition) is 2. The van der Waals surface area contributed by atoms with Crippen LogP contribution in [0.4, 0.5) is 26.3 Å². The van der Waals surface area contributed by atoms with Crippen molar-refractivity contribution in [1.29, 1.82) is 0 Å². The Morgan fingerprint density at radius 1 is 0.558 bits per heavy atom. The summed E-state index contributed by atoms with van der Waals surface area (Å²) >= 11 is 17.4. The molecule has 0 heterocycles. The average molecular weight is 840 g/mol. The van der Waals surface area contributed by atoms with Crippen molar-refractivity contribution in [2.24, 2.45) is 0 Å². The highest BCUT2D eigenvalue weighted by molar-refractivity contribution is 8.00. The minimum absolute atomic E-state index is 0.0235. The van der Waals surface area contributed by atoms with Crippen molar-refractivity contribution in [3.8, 4) is 11.1 Å². The third-order valence-corrected chi connectivity index (χ3v) is 12.5. The maximum atomic E-state index is 14.2. The van der Waals surface area contributed by atoms with Crippen LogP contribution in [0.2, 0.25) is 10.0 Å². The number of carboxylic acid groups (broad SMARTS) is 2. The molecule has 4 aromatic carbocycles. The SMILES string of the molecule is O=C(O)CSc1ccc(SCCCc2ccc(-c3ccc(CCCSc4ccc(SCC(=O)O)c(Cl)c4)c(C(F)(F)F)c3)cc2C(F)(F)F)cc1Cl. The van der Waals surface area contributed by atoms with Crippen molar-refractivity contribution in [2.45, 2.75) is 57.6 Å². The van der Waals surface area contributed by atoms with Gasteiger partial charge in [0.15, 0.2) is 0 Å². The number of carboxylic acids is 2. The van der Waals surface area contributed by atoms with Crippen LogP contribution in [0.1, 0.15) is 35.1 Å². The van der Waals surface area contributed by atoms with E-state index in [1.807, 2.05) is 0 Å². The number of benzene rings is 4. The van der Waals surface area contributed by atoms with E-state index in [0.29, 0.717) is 44.2 Å². The van der Waals surface area contributed by atoms with Gasteiger partial charge in [0.2, 0.25) is 0 Å². The third-order valence-electron chi connectivity index (χ3n) is 7.39. The molecule has 4 rings (SSSR count). The normalized spacial score (nSPS) is 11.9. The van der Waals surface area contributed by atoms with Gasteiger partial charge in [-0.1, -0.05) is 47.5 Å². The zero-order valence-corrected chi connectivity index (χ0v) is 31.7. The number of thioether (sulfide) groups is 4. The number of aliphatic carboxylic acids is 2. The minimum Gasteiger partial charge on any atom is -0.481 e. The molecule has 0 aromatic heterocycles. The summed E-state index contributed by atoms with van der Waals surface area (Å²) in [5, 5.41) is 18.5. The molecule has 0 aliphatic rings. The lowest BCUT2D eigenvalue weighted by atomic mass is 9.93. The summed E-state index contributed by atoms with van der Waals surface area (Å²) in [7, 11) is 0. The van der Waals surface area contributed by atoms with Crippen LogP contribution in [0.3, 0.4) is 0 Å². The smallest absolute Gasteiger partial charge is 0.416 e. The van der Waals surface area contributed by atoms with E-state index in [2.05, 4.69) is 0 Å². The van der Waals surface area contributed by atoms with Gasteiger partial charge in [-0.15, -0.1) is 47.0 Å². The van der Waals surface area contributed by atoms with Gasteiger partial charge in [-0.05, 0) is 108 Å². The molecular weight excluding hydrogens is 810 g/mol. The Hall–Kier alpha value is -2.62. The zero-order valence-electron chi connectivity index (χ0n) is 27.0. The summed E-state index contributed by atoms with van der Waals surface area (Å²) in [5.74, 6) is -1.29. The standard InChI is InChI=1S/C36H30Cl2F6O4S4/c37-29-17-25(9-11-31(29)51-19-33(45)46)49-13-1-3-21-5-7-23(15-27(21)35(39,40)41)24-8-6-22(28(16-24)36(42,43)44)4-2-14-50-26-10-12-32(30(38)18-26)52-20-34(47)48/h5-12,15-18H,1-4,13-14,19-20H2,(H,45,46)(H,47,48). The van der Waals surface area contributed by atoms with Gasteiger partial charge in [0.1, 0.15) is 0 Å². The molecular formula is C36H30Cl2F6O4S4. The fourth-order valence-electron chi connectivity index (χ4n) is 5.04. The van der Waals surface area contributed by atoms with Gasteiger partial charge in [-0.3, -0.25) is 9.59 Å². The summed E-state index contributed by atoms with van der Waals surface area (Å²) in [5.41, 5.74) is -1.68. The molecule has 0 unspecified atom stereocenters. The second kappa shape index (κ2) is 19.1. The summed E-state index contributed by atoms with van der Waals surface area (Å²) in [6.45, 7) is 0. The number of hydrogen-bond acceptors (Lipinski definition) is 6. The number of carbonyl (C=O) groups is 2. The highest BCUT2D eigenvalue weighted by atomic mass is 35.5. The monoisotopic (exact) mass is 838 g/mol. The van der Waals surface area contributed by atoms with Crippen LogP contribution in [0, 0.1) is 0 Å². The summed E-state index contributed by atoms with van der Waals surface area (Å²) < 4.78 is 85.1. The van der Waals surface area contributed by atoms with Crippen LogP contribution < -0.4 is 0 Å². The van der Waals surface area contributed by atoms with E-state index < -0.39 is 35.4 Å². The number of aryl methyl sites for hydroxylation is 2. The van der Waals surface area contributed by atoms with Crippen LogP contribution >= 0.6 is 70.2 Å². The van der Waals surface area contributed by atoms with Gasteiger partial charge in [0, 0.05) is 19.6 Å². The Bertz CT molecular complexity index is 1750. The van der Waals surface area contributed by atoms with E-state index in [1.165, 1.54) is 47.8 Å². The highest BCUT2D eigenvalue weighted by Crippen LogP contribution is 2.40. The molecule has 0 atom stereocenters. The molecule has 0 spiro atoms. The van der Waals surface area contributed by atoms with E-state index in [1.54, 1.807) is 36.4 Å². The van der Waals surface area contributed by atoms with E-state index in [4.69, 9.17) is 33.4 Å². The fraction of sp³-hybridized carbons (Fsp3) is 0.278. The Labute approximate surface area is 323 Å². The molecule has 2 N–H and O–H groups in total. The second-order valence-corrected chi connectivity index (χ2v) is 16.4. The lowest BCUT2D eigenvalue weighted by molar-refractivity contribution is -0.139. The van der Waals surface area contributed by atoms with Crippen molar-refractivity contribution in [3.05, 3.63) is 105 Å². The molecule has 0 fully saturated rings. The summed E-state index contributed by atoms with van der Waals surface area (Å²) in [4.78, 5) is 24.4. The van der Waals surface area contributed by atoms with Crippen molar-refractivity contribution >= 4 is 82.2 Å². The van der Waals surface area contributed by atoms with Crippen LogP contribution in [0.25, 0.3) is 11.1 Å². The zero-order chi connectivity index (χ0) is 38.1. The molecule has 16 heteroatoms. The number of alkyl halides is 6. The third kappa shape index (κ3) is 12.8. The molecule has 278 valence electrons. The summed E-state index contributed by atoms with van der Waals surface area (Å²) in [6, 6.07) is 17.5. The quantitative estimate of drug-likeness (QED) is 0.0619. The van der Waals surface area contributed by atoms with Crippen molar-refractivity contribution in [1.82, 2.24) is 0 Å². The van der Waals surface area contributed by atoms with Crippen molar-refractivity contribution in [2.75, 3.05) is 23.0 Å². The molecule has 0 saturated carbocycles. The fourth-order valence-corrected chi connectivity index (χ4v) is 8.91. The Kier molecular flexibility index (Phi) is 15.5. The van der Waals surface area contributed by atoms with E-state index in [0.717, 1.165) is 45.4 Å². The molecule has 4 aromatic rings. The van der Waals surface area contributed by atoms with Crippen LogP contribution in [-0.4, -0.2) is 45.2 Å². The average Bonchev–Trinajstić information content (AvgIpc) is 3.07. The predicted molar refractivity (Wildman–Crippen MR) is 200 cm³/mol. The molecule has 0 radical (unpaired) electrons. The van der Waals surface area contributed by atoms with Crippen LogP contribution in [-0.2, 0) is 34.8 Å². The largest absolute Gasteiger partial charge is 0.481 e. The maximum Gasteiger partial charge on any atom is 0.416 e. The summed E-state index contributed by atoms with van der Waals surface area (Å²) in [6.07, 6.45) is -8.49. The molecule has 0 bridgehead atoms. The highest BCUT2D eigenvalue weighted by Gasteiger charge is 2.35. The van der Waals surface area contributed by atoms with Gasteiger partial charge in [0.05, 0.1) is 32.7 Å². The first-order valence-electron chi connectivity index (χ1n) is 15.5. The van der Waals surface area contributed by atoms with E-state index >= 15 is 0 Å². The molecule has 0 aliphatic heterocycles. The van der Waals surface area contributed by atoms with E-state index in [9.17, 15) is 35.9 Å². The van der Waals surface area contributed by atoms with Gasteiger partial charge in [0.25, 0.3) is 0 Å². The van der Waals surface area contributed by atoms with Gasteiger partial charge < -0.3 is 10.2 Å². The molecule has 0 saturated heterocycles. The van der Waals surface area contributed by atoms with Crippen molar-refractivity contribution in [3.63, 3.8) is 0 Å². The molecule has 0 aliphatic carbocycles. The topological polar surface area (TPSA) is 74.6 Å². The lowest BCUT2D eigenvalue weighted by Gasteiger charge is -2.17. The molecule has 4 nitrogen and oxygen atoms in total. The first-order chi connectivity index (χ1) is 24.5. The second-order valence-electron chi connectivity index (χ2n) is 11.2. The Morgan fingerprint density at radius 3 is 1.27 bits per heavy atom. The van der Waals surface area contributed by atoms with E-state index in [-0.39, 0.29) is 46.6 Å². The van der Waals surface area contributed by atoms with Crippen LogP contribution in [0.5, 0.6) is 0 Å². The molecule has 0 amide bonds. The van der Waals surface area contributed by atoms with Crippen LogP contribution in [0.15, 0.2) is 92.4 Å². The number of rotatable bonds is 17. The Balaban J connectivity index is 1.40. The minimum atomic E-state index is -4.72. The number of halogens is 8. The maximum absolute atomic E-state index is 14.2. The predicted octanol–water partition coefficient (Wildman–Crippen LogP) is 12.5. The first kappa shape index (κ1) is 42.1. The first-order valence-corrected chi connectivity index (χ1v) is 20.2. The Morgan fingerprint density at radius 2 is 0.942 bits per heavy atom. The van der Waals surface area contributed by atoms with Crippen molar-refractivity contribution < 1.29 is 46.1 Å². The van der Waals surface area contributed by atoms with Gasteiger partial charge in [-0.25, -0.2) is 0 Å². The van der Waals surface area contributed by atoms with Gasteiger partial charge >= 0.3 is 24.3 Å². The molecule has 52 heavy (non-hydrogen) atoms.